The number of anilines is 2. The van der Waals surface area contributed by atoms with Crippen LogP contribution in [0.15, 0.2) is 77.4 Å². The van der Waals surface area contributed by atoms with Crippen LogP contribution >= 0.6 is 0 Å². The third-order valence-electron chi connectivity index (χ3n) is 5.77. The number of rotatable bonds is 8. The molecule has 0 saturated carbocycles. The number of carbonyl (C=O) groups is 3. The van der Waals surface area contributed by atoms with Gasteiger partial charge in [0.2, 0.25) is 0 Å². The molecule has 196 valence electrons. The lowest BCUT2D eigenvalue weighted by Crippen LogP contribution is -2.22. The van der Waals surface area contributed by atoms with Gasteiger partial charge >= 0.3 is 5.97 Å². The second-order valence-electron chi connectivity index (χ2n) is 8.30. The first-order valence-corrected chi connectivity index (χ1v) is 11.7. The first kappa shape index (κ1) is 26.6. The van der Waals surface area contributed by atoms with E-state index in [1.807, 2.05) is 6.07 Å². The summed E-state index contributed by atoms with van der Waals surface area (Å²) >= 11 is 0. The van der Waals surface area contributed by atoms with E-state index >= 15 is 0 Å². The van der Waals surface area contributed by atoms with E-state index < -0.39 is 11.9 Å². The fourth-order valence-corrected chi connectivity index (χ4v) is 3.81. The van der Waals surface area contributed by atoms with Gasteiger partial charge in [-0.15, -0.1) is 0 Å². The number of nitrogens with zero attached hydrogens (tertiary/aromatic N) is 3. The number of carbonyl (C=O) groups excluding carboxylic acids is 3. The van der Waals surface area contributed by atoms with Crippen LogP contribution in [0.4, 0.5) is 11.4 Å². The van der Waals surface area contributed by atoms with Crippen LogP contribution in [-0.2, 0) is 14.3 Å². The van der Waals surface area contributed by atoms with Crippen molar-refractivity contribution in [3.05, 3.63) is 89.0 Å². The van der Waals surface area contributed by atoms with Gasteiger partial charge < -0.3 is 19.5 Å². The average Bonchev–Trinajstić information content (AvgIpc) is 3.24. The quantitative estimate of drug-likeness (QED) is 0.346. The van der Waals surface area contributed by atoms with Crippen LogP contribution in [0, 0.1) is 11.3 Å². The summed E-state index contributed by atoms with van der Waals surface area (Å²) in [5, 5.41) is 17.3. The number of ether oxygens (including phenoxy) is 3. The lowest BCUT2D eigenvalue weighted by Gasteiger charge is -2.13. The molecule has 3 aromatic rings. The second-order valence-corrected chi connectivity index (χ2v) is 8.30. The molecule has 39 heavy (non-hydrogen) atoms. The first-order valence-electron chi connectivity index (χ1n) is 11.7. The highest BCUT2D eigenvalue weighted by atomic mass is 16.5. The van der Waals surface area contributed by atoms with Crippen LogP contribution < -0.4 is 19.8 Å². The maximum Gasteiger partial charge on any atom is 0.339 e. The molecule has 3 aromatic carbocycles. The van der Waals surface area contributed by atoms with Crippen LogP contribution in [-0.4, -0.2) is 44.3 Å². The van der Waals surface area contributed by atoms with Crippen LogP contribution in [0.1, 0.15) is 28.4 Å². The molecule has 1 aliphatic rings. The largest absolute Gasteiger partial charge is 0.493 e. The number of methoxy groups -OCH3 is 2. The second kappa shape index (κ2) is 11.7. The highest BCUT2D eigenvalue weighted by molar-refractivity contribution is 6.32. The number of para-hydroxylation sites is 1. The van der Waals surface area contributed by atoms with E-state index in [0.29, 0.717) is 45.3 Å². The van der Waals surface area contributed by atoms with E-state index in [0.717, 1.165) is 0 Å². The summed E-state index contributed by atoms with van der Waals surface area (Å²) in [4.78, 5) is 37.5. The zero-order valence-electron chi connectivity index (χ0n) is 21.4. The van der Waals surface area contributed by atoms with E-state index in [1.165, 1.54) is 19.2 Å². The summed E-state index contributed by atoms with van der Waals surface area (Å²) in [6.07, 6.45) is 1.69. The van der Waals surface area contributed by atoms with Crippen LogP contribution in [0.2, 0.25) is 0 Å². The Kier molecular flexibility index (Phi) is 8.02. The van der Waals surface area contributed by atoms with Crippen molar-refractivity contribution >= 4 is 40.9 Å². The van der Waals surface area contributed by atoms with Gasteiger partial charge in [0.25, 0.3) is 11.8 Å². The maximum atomic E-state index is 13.1. The van der Waals surface area contributed by atoms with E-state index in [9.17, 15) is 14.4 Å². The Hall–Kier alpha value is -5.43. The van der Waals surface area contributed by atoms with Gasteiger partial charge in [-0.3, -0.25) is 9.59 Å². The van der Waals surface area contributed by atoms with Gasteiger partial charge in [-0.25, -0.2) is 4.79 Å². The molecule has 0 aliphatic carbocycles. The molecular formula is C29H24N4O6. The third kappa shape index (κ3) is 5.94. The fraction of sp³-hybridized carbons (Fsp3) is 0.138. The molecule has 0 spiro atoms. The number of nitriles is 1. The standard InChI is InChI=1S/C29H24N4O6/c1-18-23(28(35)33(32-18)21-11-8-19(16-30)9-12-21)14-20-10-13-25(26(15-20)37-2)39-17-27(34)31-24-7-5-4-6-22(24)29(36)38-3/h4-15H,17H2,1-3H3,(H,31,34). The highest BCUT2D eigenvalue weighted by Crippen LogP contribution is 2.31. The SMILES string of the molecule is COC(=O)c1ccccc1NC(=O)COc1ccc(C=C2C(=O)N(c3ccc(C#N)cc3)N=C2C)cc1OC. The Morgan fingerprint density at radius 2 is 1.79 bits per heavy atom. The monoisotopic (exact) mass is 524 g/mol. The number of amides is 2. The molecule has 0 fully saturated rings. The lowest BCUT2D eigenvalue weighted by atomic mass is 10.1. The Balaban J connectivity index is 1.46. The Morgan fingerprint density at radius 3 is 2.49 bits per heavy atom. The van der Waals surface area contributed by atoms with E-state index in [-0.39, 0.29) is 18.1 Å². The van der Waals surface area contributed by atoms with Gasteiger partial charge in [-0.2, -0.15) is 15.4 Å². The summed E-state index contributed by atoms with van der Waals surface area (Å²) < 4.78 is 15.8. The summed E-state index contributed by atoms with van der Waals surface area (Å²) in [6.45, 7) is 1.40. The minimum Gasteiger partial charge on any atom is -0.493 e. The smallest absolute Gasteiger partial charge is 0.339 e. The molecule has 0 atom stereocenters. The highest BCUT2D eigenvalue weighted by Gasteiger charge is 2.28. The topological polar surface area (TPSA) is 130 Å². The van der Waals surface area contributed by atoms with Gasteiger partial charge in [-0.1, -0.05) is 18.2 Å². The molecule has 1 heterocycles. The molecule has 0 unspecified atom stereocenters. The Bertz CT molecular complexity index is 1540. The van der Waals surface area contributed by atoms with Gasteiger partial charge in [-0.05, 0) is 67.1 Å². The minimum atomic E-state index is -0.570. The molecule has 10 nitrogen and oxygen atoms in total. The predicted octanol–water partition coefficient (Wildman–Crippen LogP) is 4.18. The van der Waals surface area contributed by atoms with Crippen molar-refractivity contribution in [2.24, 2.45) is 5.10 Å². The molecular weight excluding hydrogens is 500 g/mol. The van der Waals surface area contributed by atoms with Gasteiger partial charge in [0.1, 0.15) is 0 Å². The molecule has 4 rings (SSSR count). The van der Waals surface area contributed by atoms with E-state index in [4.69, 9.17) is 19.5 Å². The predicted molar refractivity (Wildman–Crippen MR) is 145 cm³/mol. The third-order valence-corrected chi connectivity index (χ3v) is 5.77. The molecule has 0 radical (unpaired) electrons. The lowest BCUT2D eigenvalue weighted by molar-refractivity contribution is -0.118. The normalized spacial score (nSPS) is 13.5. The minimum absolute atomic E-state index is 0.223. The van der Waals surface area contributed by atoms with Gasteiger partial charge in [0.05, 0.1) is 54.1 Å². The van der Waals surface area contributed by atoms with E-state index in [1.54, 1.807) is 79.7 Å². The molecule has 1 aliphatic heterocycles. The molecule has 0 bridgehead atoms. The molecule has 1 N–H and O–H groups in total. The number of hydrogen-bond acceptors (Lipinski definition) is 8. The van der Waals surface area contributed by atoms with Crippen molar-refractivity contribution < 1.29 is 28.6 Å². The number of esters is 1. The fourth-order valence-electron chi connectivity index (χ4n) is 3.81. The van der Waals surface area contributed by atoms with E-state index in [2.05, 4.69) is 10.4 Å². The molecule has 2 amide bonds. The molecule has 0 aromatic heterocycles. The van der Waals surface area contributed by atoms with Crippen molar-refractivity contribution in [2.75, 3.05) is 31.2 Å². The summed E-state index contributed by atoms with van der Waals surface area (Å²) in [6, 6.07) is 20.1. The number of benzene rings is 3. The summed E-state index contributed by atoms with van der Waals surface area (Å²) in [5.74, 6) is -0.681. The average molecular weight is 525 g/mol. The molecule has 10 heteroatoms. The zero-order valence-corrected chi connectivity index (χ0v) is 21.4. The van der Waals surface area contributed by atoms with Gasteiger partial charge in [0.15, 0.2) is 18.1 Å². The van der Waals surface area contributed by atoms with Crippen LogP contribution in [0.5, 0.6) is 11.5 Å². The van der Waals surface area contributed by atoms with Crippen molar-refractivity contribution in [1.29, 1.82) is 5.26 Å². The first-order chi connectivity index (χ1) is 18.8. The molecule has 0 saturated heterocycles. The Morgan fingerprint density at radius 1 is 1.05 bits per heavy atom. The zero-order chi connectivity index (χ0) is 27.9. The number of hydrazone groups is 1. The van der Waals surface area contributed by atoms with Crippen molar-refractivity contribution in [1.82, 2.24) is 0 Å². The van der Waals surface area contributed by atoms with Crippen molar-refractivity contribution in [3.63, 3.8) is 0 Å². The summed E-state index contributed by atoms with van der Waals surface area (Å²) in [5.41, 5.74) is 3.17. The van der Waals surface area contributed by atoms with Crippen molar-refractivity contribution in [3.8, 4) is 17.6 Å². The van der Waals surface area contributed by atoms with Crippen LogP contribution in [0.25, 0.3) is 6.08 Å². The number of nitrogens with one attached hydrogen (secondary N) is 1. The van der Waals surface area contributed by atoms with Gasteiger partial charge in [0, 0.05) is 0 Å². The van der Waals surface area contributed by atoms with Crippen molar-refractivity contribution in [2.45, 2.75) is 6.92 Å². The number of hydrogen-bond donors (Lipinski definition) is 1. The van der Waals surface area contributed by atoms with Crippen LogP contribution in [0.3, 0.4) is 0 Å². The Labute approximate surface area is 224 Å². The maximum absolute atomic E-state index is 13.1. The summed E-state index contributed by atoms with van der Waals surface area (Å²) in [7, 11) is 2.73.